The van der Waals surface area contributed by atoms with Gasteiger partial charge in [-0.3, -0.25) is 4.79 Å². The molecule has 0 saturated carbocycles. The molecule has 1 N–H and O–H groups in total. The Labute approximate surface area is 190 Å². The van der Waals surface area contributed by atoms with Crippen molar-refractivity contribution in [1.29, 1.82) is 0 Å². The fourth-order valence-corrected chi connectivity index (χ4v) is 3.29. The number of halogens is 3. The summed E-state index contributed by atoms with van der Waals surface area (Å²) in [6.45, 7) is 2.77. The van der Waals surface area contributed by atoms with Crippen molar-refractivity contribution in [1.82, 2.24) is 15.4 Å². The number of nitrogens with zero attached hydrogens (tertiary/aromatic N) is 2. The molecule has 8 nitrogen and oxygen atoms in total. The molecule has 3 rings (SSSR count). The maximum atomic E-state index is 12.3. The third kappa shape index (κ3) is 6.97. The Kier molecular flexibility index (Phi) is 7.59. The van der Waals surface area contributed by atoms with Crippen LogP contribution in [0.5, 0.6) is 5.75 Å². The van der Waals surface area contributed by atoms with Gasteiger partial charge in [-0.15, -0.1) is 23.4 Å². The van der Waals surface area contributed by atoms with Crippen molar-refractivity contribution in [2.45, 2.75) is 30.1 Å². The van der Waals surface area contributed by atoms with Gasteiger partial charge in [0.2, 0.25) is 12.5 Å². The summed E-state index contributed by atoms with van der Waals surface area (Å²) in [5, 5.41) is 10.3. The lowest BCUT2D eigenvalue weighted by atomic mass is 10.1. The Morgan fingerprint density at radius 3 is 2.15 bits per heavy atom. The van der Waals surface area contributed by atoms with E-state index in [9.17, 15) is 22.8 Å². The number of nitrogens with one attached hydrogen (secondary N) is 1. The molecule has 0 aliphatic heterocycles. The second-order valence-electron chi connectivity index (χ2n) is 6.84. The van der Waals surface area contributed by atoms with Crippen LogP contribution in [0.1, 0.15) is 24.3 Å². The number of H-pyrrole nitrogens is 1. The predicted molar refractivity (Wildman–Crippen MR) is 110 cm³/mol. The average molecular weight is 481 g/mol. The number of carbonyl (C=O) groups is 2. The summed E-state index contributed by atoms with van der Waals surface area (Å²) in [5.74, 6) is -1.96. The molecule has 33 heavy (non-hydrogen) atoms. The first-order valence-electron chi connectivity index (χ1n) is 9.51. The van der Waals surface area contributed by atoms with Crippen LogP contribution in [0.3, 0.4) is 0 Å². The average Bonchev–Trinajstić information content (AvgIpc) is 3.22. The Hall–Kier alpha value is -3.54. The SMILES string of the molecule is CC(C)C(=O)OCOC(=O)c1n[nH]nc1Sc1ccc(-c2ccc(OC(F)(F)F)cc2)cc1. The molecular weight excluding hydrogens is 463 g/mol. The van der Waals surface area contributed by atoms with E-state index in [1.54, 1.807) is 38.1 Å². The second-order valence-corrected chi connectivity index (χ2v) is 7.91. The highest BCUT2D eigenvalue weighted by Gasteiger charge is 2.31. The molecule has 0 radical (unpaired) electrons. The zero-order valence-electron chi connectivity index (χ0n) is 17.4. The number of hydrogen-bond acceptors (Lipinski definition) is 8. The minimum absolute atomic E-state index is 0.0649. The molecule has 0 spiro atoms. The van der Waals surface area contributed by atoms with E-state index < -0.39 is 25.1 Å². The molecule has 3 aromatic rings. The topological polar surface area (TPSA) is 103 Å². The third-order valence-corrected chi connectivity index (χ3v) is 5.05. The van der Waals surface area contributed by atoms with Crippen molar-refractivity contribution < 1.29 is 37.0 Å². The van der Waals surface area contributed by atoms with Crippen LogP contribution in [0.15, 0.2) is 58.5 Å². The zero-order valence-corrected chi connectivity index (χ0v) is 18.2. The second kappa shape index (κ2) is 10.4. The van der Waals surface area contributed by atoms with Crippen LogP contribution in [-0.4, -0.2) is 40.5 Å². The highest BCUT2D eigenvalue weighted by atomic mass is 32.2. The summed E-state index contributed by atoms with van der Waals surface area (Å²) in [6.07, 6.45) is -4.74. The number of hydrogen-bond donors (Lipinski definition) is 1. The van der Waals surface area contributed by atoms with E-state index in [4.69, 9.17) is 9.47 Å². The number of aromatic nitrogens is 3. The van der Waals surface area contributed by atoms with E-state index in [1.165, 1.54) is 24.3 Å². The van der Waals surface area contributed by atoms with Crippen molar-refractivity contribution in [3.05, 3.63) is 54.2 Å². The molecular formula is C21H18F3N3O5S. The molecule has 1 heterocycles. The number of benzene rings is 2. The molecule has 12 heteroatoms. The van der Waals surface area contributed by atoms with Gasteiger partial charge in [-0.1, -0.05) is 49.9 Å². The summed E-state index contributed by atoms with van der Waals surface area (Å²) < 4.78 is 50.4. The van der Waals surface area contributed by atoms with Crippen LogP contribution < -0.4 is 4.74 Å². The van der Waals surface area contributed by atoms with Gasteiger partial charge in [-0.25, -0.2) is 4.79 Å². The van der Waals surface area contributed by atoms with Crippen LogP contribution in [0.2, 0.25) is 0 Å². The van der Waals surface area contributed by atoms with Crippen LogP contribution in [0.4, 0.5) is 13.2 Å². The van der Waals surface area contributed by atoms with Crippen molar-refractivity contribution in [2.75, 3.05) is 6.79 Å². The van der Waals surface area contributed by atoms with E-state index in [0.29, 0.717) is 5.56 Å². The molecule has 0 amide bonds. The normalized spacial score (nSPS) is 11.3. The maximum Gasteiger partial charge on any atom is 0.573 e. The fraction of sp³-hybridized carbons (Fsp3) is 0.238. The smallest absolute Gasteiger partial charge is 0.428 e. The largest absolute Gasteiger partial charge is 0.573 e. The van der Waals surface area contributed by atoms with Crippen LogP contribution in [0, 0.1) is 5.92 Å². The van der Waals surface area contributed by atoms with Crippen molar-refractivity contribution in [3.8, 4) is 16.9 Å². The monoisotopic (exact) mass is 481 g/mol. The summed E-state index contributed by atoms with van der Waals surface area (Å²) in [6, 6.07) is 12.6. The quantitative estimate of drug-likeness (QED) is 0.360. The lowest BCUT2D eigenvalue weighted by Crippen LogP contribution is -2.17. The Balaban J connectivity index is 1.61. The van der Waals surface area contributed by atoms with Gasteiger partial charge >= 0.3 is 18.3 Å². The summed E-state index contributed by atoms with van der Waals surface area (Å²) in [7, 11) is 0. The summed E-state index contributed by atoms with van der Waals surface area (Å²) >= 11 is 1.15. The van der Waals surface area contributed by atoms with E-state index >= 15 is 0 Å². The van der Waals surface area contributed by atoms with Crippen molar-refractivity contribution >= 4 is 23.7 Å². The highest BCUT2D eigenvalue weighted by molar-refractivity contribution is 7.99. The number of alkyl halides is 3. The predicted octanol–water partition coefficient (Wildman–Crippen LogP) is 4.84. The molecule has 1 aromatic heterocycles. The minimum Gasteiger partial charge on any atom is -0.428 e. The minimum atomic E-state index is -4.74. The molecule has 0 aliphatic carbocycles. The first-order valence-corrected chi connectivity index (χ1v) is 10.3. The fourth-order valence-electron chi connectivity index (χ4n) is 2.48. The number of esters is 2. The first-order chi connectivity index (χ1) is 15.6. The van der Waals surface area contributed by atoms with Crippen molar-refractivity contribution in [2.24, 2.45) is 5.92 Å². The molecule has 0 atom stereocenters. The van der Waals surface area contributed by atoms with Gasteiger partial charge in [0, 0.05) is 4.90 Å². The standard InChI is InChI=1S/C21H18F3N3O5S/c1-12(2)19(28)30-11-31-20(29)17-18(26-27-25-17)33-16-9-5-14(6-10-16)13-3-7-15(8-4-13)32-21(22,23)24/h3-10,12H,11H2,1-2H3,(H,25,26,27). The number of rotatable bonds is 8. The van der Waals surface area contributed by atoms with Crippen molar-refractivity contribution in [3.63, 3.8) is 0 Å². The highest BCUT2D eigenvalue weighted by Crippen LogP contribution is 2.31. The third-order valence-electron chi connectivity index (χ3n) is 4.06. The van der Waals surface area contributed by atoms with Gasteiger partial charge in [0.05, 0.1) is 5.92 Å². The summed E-state index contributed by atoms with van der Waals surface area (Å²) in [5.41, 5.74) is 1.40. The molecule has 0 unspecified atom stereocenters. The van der Waals surface area contributed by atoms with Gasteiger partial charge in [-0.05, 0) is 35.4 Å². The molecule has 2 aromatic carbocycles. The first kappa shape index (κ1) is 24.1. The Morgan fingerprint density at radius 2 is 1.58 bits per heavy atom. The lowest BCUT2D eigenvalue weighted by molar-refractivity contribution is -0.274. The zero-order chi connectivity index (χ0) is 24.0. The van der Waals surface area contributed by atoms with Crippen LogP contribution >= 0.6 is 11.8 Å². The van der Waals surface area contributed by atoms with E-state index in [0.717, 1.165) is 22.2 Å². The Bertz CT molecular complexity index is 1100. The molecule has 0 aliphatic rings. The molecule has 174 valence electrons. The number of carbonyl (C=O) groups excluding carboxylic acids is 2. The summed E-state index contributed by atoms with van der Waals surface area (Å²) in [4.78, 5) is 24.3. The lowest BCUT2D eigenvalue weighted by Gasteiger charge is -2.09. The van der Waals surface area contributed by atoms with Gasteiger partial charge in [-0.2, -0.15) is 5.21 Å². The number of aromatic amines is 1. The van der Waals surface area contributed by atoms with E-state index in [2.05, 4.69) is 20.1 Å². The van der Waals surface area contributed by atoms with Crippen LogP contribution in [0.25, 0.3) is 11.1 Å². The van der Waals surface area contributed by atoms with Gasteiger partial charge in [0.25, 0.3) is 0 Å². The van der Waals surface area contributed by atoms with Gasteiger partial charge in [0.1, 0.15) is 5.75 Å². The molecule has 0 bridgehead atoms. The number of ether oxygens (including phenoxy) is 3. The van der Waals surface area contributed by atoms with Crippen LogP contribution in [-0.2, 0) is 14.3 Å². The van der Waals surface area contributed by atoms with Gasteiger partial charge < -0.3 is 14.2 Å². The maximum absolute atomic E-state index is 12.3. The molecule has 0 fully saturated rings. The van der Waals surface area contributed by atoms with E-state index in [1.807, 2.05) is 0 Å². The van der Waals surface area contributed by atoms with E-state index in [-0.39, 0.29) is 22.4 Å². The Morgan fingerprint density at radius 1 is 0.970 bits per heavy atom. The van der Waals surface area contributed by atoms with Gasteiger partial charge in [0.15, 0.2) is 5.03 Å². The molecule has 0 saturated heterocycles.